The van der Waals surface area contributed by atoms with Crippen molar-refractivity contribution < 1.29 is 28.5 Å². The Kier molecular flexibility index (Phi) is 5.03. The molecule has 3 heterocycles. The van der Waals surface area contributed by atoms with Crippen LogP contribution in [0.4, 0.5) is 0 Å². The summed E-state index contributed by atoms with van der Waals surface area (Å²) >= 11 is 0. The van der Waals surface area contributed by atoms with E-state index in [2.05, 4.69) is 10.1 Å². The van der Waals surface area contributed by atoms with Gasteiger partial charge in [-0.25, -0.2) is 0 Å². The van der Waals surface area contributed by atoms with Crippen molar-refractivity contribution in [1.29, 1.82) is 0 Å². The lowest BCUT2D eigenvalue weighted by Gasteiger charge is -2.26. The van der Waals surface area contributed by atoms with Crippen molar-refractivity contribution in [3.63, 3.8) is 0 Å². The van der Waals surface area contributed by atoms with Crippen LogP contribution in [-0.2, 0) is 16.0 Å². The van der Waals surface area contributed by atoms with E-state index >= 15 is 0 Å². The highest BCUT2D eigenvalue weighted by Gasteiger charge is 2.30. The molecule has 0 unspecified atom stereocenters. The Labute approximate surface area is 152 Å². The lowest BCUT2D eigenvalue weighted by molar-refractivity contribution is 0.0450. The predicted octanol–water partition coefficient (Wildman–Crippen LogP) is 1.45. The molecule has 0 aromatic heterocycles. The summed E-state index contributed by atoms with van der Waals surface area (Å²) < 4.78 is 27.5. The first-order chi connectivity index (χ1) is 12.8. The van der Waals surface area contributed by atoms with E-state index in [0.29, 0.717) is 29.4 Å². The summed E-state index contributed by atoms with van der Waals surface area (Å²) in [5.41, 5.74) is 2.03. The largest absolute Gasteiger partial charge is 0.493 e. The highest BCUT2D eigenvalue weighted by molar-refractivity contribution is 5.87. The van der Waals surface area contributed by atoms with E-state index in [1.165, 1.54) is 0 Å². The standard InChI is InChI=1S/C18H24N2O6/c1-21-15-8-12(16(22-2)18-17(15)24-11-25-18)7-14-9-13(19-26-14)10-20-3-5-23-6-4-20/h8,14H,3-7,9-11H2,1-2H3/t14-/m1/s1. The van der Waals surface area contributed by atoms with Crippen LogP contribution in [0.3, 0.4) is 0 Å². The monoisotopic (exact) mass is 364 g/mol. The Morgan fingerprint density at radius 1 is 1.15 bits per heavy atom. The van der Waals surface area contributed by atoms with Crippen LogP contribution in [0.5, 0.6) is 23.0 Å². The number of benzene rings is 1. The maximum Gasteiger partial charge on any atom is 0.231 e. The number of rotatable bonds is 6. The first-order valence-electron chi connectivity index (χ1n) is 8.83. The smallest absolute Gasteiger partial charge is 0.231 e. The molecular formula is C18H24N2O6. The van der Waals surface area contributed by atoms with Crippen LogP contribution in [0.1, 0.15) is 12.0 Å². The van der Waals surface area contributed by atoms with Crippen molar-refractivity contribution in [3.05, 3.63) is 11.6 Å². The number of nitrogens with zero attached hydrogens (tertiary/aromatic N) is 2. The maximum absolute atomic E-state index is 5.67. The quantitative estimate of drug-likeness (QED) is 0.757. The van der Waals surface area contributed by atoms with Gasteiger partial charge in [-0.3, -0.25) is 4.90 Å². The van der Waals surface area contributed by atoms with Crippen LogP contribution < -0.4 is 18.9 Å². The van der Waals surface area contributed by atoms with Gasteiger partial charge in [0, 0.05) is 38.0 Å². The van der Waals surface area contributed by atoms with Gasteiger partial charge < -0.3 is 28.5 Å². The van der Waals surface area contributed by atoms with Crippen LogP contribution >= 0.6 is 0 Å². The minimum absolute atomic E-state index is 0.0231. The van der Waals surface area contributed by atoms with Crippen molar-refractivity contribution in [1.82, 2.24) is 4.90 Å². The zero-order valence-corrected chi connectivity index (χ0v) is 15.2. The summed E-state index contributed by atoms with van der Waals surface area (Å²) in [5, 5.41) is 4.28. The molecule has 1 saturated heterocycles. The molecule has 1 aromatic carbocycles. The topological polar surface area (TPSA) is 71.0 Å². The van der Waals surface area contributed by atoms with Crippen molar-refractivity contribution in [2.24, 2.45) is 5.16 Å². The summed E-state index contributed by atoms with van der Waals surface area (Å²) in [6, 6.07) is 1.93. The molecule has 0 N–H and O–H groups in total. The summed E-state index contributed by atoms with van der Waals surface area (Å²) in [4.78, 5) is 8.01. The van der Waals surface area contributed by atoms with Gasteiger partial charge in [0.25, 0.3) is 0 Å². The molecule has 0 spiro atoms. The second-order valence-corrected chi connectivity index (χ2v) is 6.52. The maximum atomic E-state index is 5.67. The molecule has 0 radical (unpaired) electrons. The fourth-order valence-corrected chi connectivity index (χ4v) is 3.54. The van der Waals surface area contributed by atoms with Crippen LogP contribution in [0, 0.1) is 0 Å². The van der Waals surface area contributed by atoms with Gasteiger partial charge >= 0.3 is 0 Å². The first kappa shape index (κ1) is 17.2. The summed E-state index contributed by atoms with van der Waals surface area (Å²) in [7, 11) is 3.24. The number of methoxy groups -OCH3 is 2. The molecule has 8 nitrogen and oxygen atoms in total. The number of morpholine rings is 1. The highest BCUT2D eigenvalue weighted by atomic mass is 16.7. The van der Waals surface area contributed by atoms with Gasteiger partial charge in [-0.2, -0.15) is 0 Å². The minimum Gasteiger partial charge on any atom is -0.493 e. The van der Waals surface area contributed by atoms with E-state index in [-0.39, 0.29) is 12.9 Å². The van der Waals surface area contributed by atoms with Gasteiger partial charge in [0.1, 0.15) is 6.10 Å². The lowest BCUT2D eigenvalue weighted by Crippen LogP contribution is -2.39. The molecule has 0 bridgehead atoms. The molecular weight excluding hydrogens is 340 g/mol. The number of fused-ring (bicyclic) bond motifs is 1. The first-order valence-corrected chi connectivity index (χ1v) is 8.83. The van der Waals surface area contributed by atoms with Gasteiger partial charge in [-0.05, 0) is 6.07 Å². The second-order valence-electron chi connectivity index (χ2n) is 6.52. The fourth-order valence-electron chi connectivity index (χ4n) is 3.54. The average Bonchev–Trinajstić information content (AvgIpc) is 3.31. The molecule has 0 saturated carbocycles. The molecule has 0 amide bonds. The molecule has 3 aliphatic rings. The van der Waals surface area contributed by atoms with Crippen molar-refractivity contribution >= 4 is 5.71 Å². The van der Waals surface area contributed by atoms with Gasteiger partial charge in [0.05, 0.1) is 33.1 Å². The Bertz CT molecular complexity index is 687. The van der Waals surface area contributed by atoms with E-state index in [4.69, 9.17) is 28.5 Å². The Hall–Kier alpha value is -2.19. The highest BCUT2D eigenvalue weighted by Crippen LogP contribution is 2.49. The number of oxime groups is 1. The SMILES string of the molecule is COc1cc(C[C@@H]2CC(CN3CCOCC3)=NO2)c(OC)c2c1OCO2. The number of hydrogen-bond acceptors (Lipinski definition) is 8. The normalized spacial score (nSPS) is 22.1. The summed E-state index contributed by atoms with van der Waals surface area (Å²) in [6.07, 6.45) is 1.44. The van der Waals surface area contributed by atoms with Crippen LogP contribution in [0.2, 0.25) is 0 Å². The molecule has 4 rings (SSSR count). The van der Waals surface area contributed by atoms with E-state index in [1.807, 2.05) is 6.07 Å². The molecule has 1 atom stereocenters. The Balaban J connectivity index is 1.43. The van der Waals surface area contributed by atoms with Crippen LogP contribution in [-0.4, -0.2) is 70.6 Å². The van der Waals surface area contributed by atoms with E-state index in [0.717, 1.165) is 50.5 Å². The average molecular weight is 364 g/mol. The van der Waals surface area contributed by atoms with E-state index in [1.54, 1.807) is 14.2 Å². The third kappa shape index (κ3) is 3.39. The fraction of sp³-hybridized carbons (Fsp3) is 0.611. The summed E-state index contributed by atoms with van der Waals surface area (Å²) in [5.74, 6) is 2.49. The minimum atomic E-state index is -0.0231. The summed E-state index contributed by atoms with van der Waals surface area (Å²) in [6.45, 7) is 4.45. The third-order valence-corrected chi connectivity index (χ3v) is 4.82. The number of hydrogen-bond donors (Lipinski definition) is 0. The Morgan fingerprint density at radius 3 is 2.73 bits per heavy atom. The van der Waals surface area contributed by atoms with Crippen molar-refractivity contribution in [3.8, 4) is 23.0 Å². The zero-order chi connectivity index (χ0) is 17.9. The molecule has 26 heavy (non-hydrogen) atoms. The van der Waals surface area contributed by atoms with E-state index in [9.17, 15) is 0 Å². The molecule has 3 aliphatic heterocycles. The van der Waals surface area contributed by atoms with Crippen molar-refractivity contribution in [2.45, 2.75) is 18.9 Å². The Morgan fingerprint density at radius 2 is 1.96 bits per heavy atom. The third-order valence-electron chi connectivity index (χ3n) is 4.82. The molecule has 142 valence electrons. The lowest BCUT2D eigenvalue weighted by atomic mass is 10.0. The van der Waals surface area contributed by atoms with Crippen LogP contribution in [0.25, 0.3) is 0 Å². The van der Waals surface area contributed by atoms with Gasteiger partial charge in [0.2, 0.25) is 18.3 Å². The van der Waals surface area contributed by atoms with Crippen LogP contribution in [0.15, 0.2) is 11.2 Å². The molecule has 8 heteroatoms. The molecule has 1 aromatic rings. The molecule has 0 aliphatic carbocycles. The van der Waals surface area contributed by atoms with E-state index < -0.39 is 0 Å². The zero-order valence-electron chi connectivity index (χ0n) is 15.2. The number of ether oxygens (including phenoxy) is 5. The molecule has 1 fully saturated rings. The van der Waals surface area contributed by atoms with Crippen molar-refractivity contribution in [2.75, 3.05) is 53.9 Å². The van der Waals surface area contributed by atoms with Gasteiger partial charge in [-0.15, -0.1) is 0 Å². The predicted molar refractivity (Wildman–Crippen MR) is 93.6 cm³/mol. The van der Waals surface area contributed by atoms with Gasteiger partial charge in [0.15, 0.2) is 11.5 Å². The second kappa shape index (κ2) is 7.59. The van der Waals surface area contributed by atoms with Gasteiger partial charge in [-0.1, -0.05) is 5.16 Å².